The van der Waals surface area contributed by atoms with Gasteiger partial charge in [0.25, 0.3) is 11.7 Å². The smallest absolute Gasteiger partial charge is 0.295 e. The molecular formula is C20H15BrFNO3. The van der Waals surface area contributed by atoms with Crippen molar-refractivity contribution >= 4 is 33.4 Å². The number of likely N-dealkylation sites (tertiary alicyclic amines) is 1. The summed E-state index contributed by atoms with van der Waals surface area (Å²) in [6, 6.07) is 11.4. The summed E-state index contributed by atoms with van der Waals surface area (Å²) in [5.74, 6) is -2.34. The summed E-state index contributed by atoms with van der Waals surface area (Å²) in [7, 11) is 0. The third-order valence-corrected chi connectivity index (χ3v) is 4.68. The van der Waals surface area contributed by atoms with Crippen molar-refractivity contribution in [2.45, 2.75) is 6.04 Å². The number of ketones is 1. The van der Waals surface area contributed by atoms with Crippen LogP contribution in [0.1, 0.15) is 17.2 Å². The number of halogens is 2. The molecule has 1 heterocycles. The van der Waals surface area contributed by atoms with Gasteiger partial charge in [-0.15, -0.1) is 6.58 Å². The predicted octanol–water partition coefficient (Wildman–Crippen LogP) is 4.20. The van der Waals surface area contributed by atoms with Gasteiger partial charge in [0.15, 0.2) is 0 Å². The Kier molecular flexibility index (Phi) is 5.04. The van der Waals surface area contributed by atoms with E-state index >= 15 is 0 Å². The Bertz CT molecular complexity index is 921. The molecule has 26 heavy (non-hydrogen) atoms. The molecule has 4 nitrogen and oxygen atoms in total. The summed E-state index contributed by atoms with van der Waals surface area (Å²) in [5, 5.41) is 10.7. The molecule has 2 aromatic rings. The molecule has 0 unspecified atom stereocenters. The third-order valence-electron chi connectivity index (χ3n) is 4.15. The second-order valence-electron chi connectivity index (χ2n) is 5.80. The van der Waals surface area contributed by atoms with Crippen molar-refractivity contribution in [3.05, 3.63) is 88.2 Å². The minimum atomic E-state index is -0.882. The molecule has 0 saturated carbocycles. The van der Waals surface area contributed by atoms with Crippen molar-refractivity contribution in [1.82, 2.24) is 4.90 Å². The molecule has 1 saturated heterocycles. The first-order valence-electron chi connectivity index (χ1n) is 7.84. The van der Waals surface area contributed by atoms with Crippen molar-refractivity contribution in [3.63, 3.8) is 0 Å². The van der Waals surface area contributed by atoms with E-state index in [1.54, 1.807) is 30.3 Å². The van der Waals surface area contributed by atoms with Gasteiger partial charge >= 0.3 is 0 Å². The van der Waals surface area contributed by atoms with Gasteiger partial charge in [-0.05, 0) is 29.8 Å². The van der Waals surface area contributed by atoms with Crippen molar-refractivity contribution in [2.75, 3.05) is 6.54 Å². The molecule has 3 rings (SSSR count). The molecule has 1 atom stereocenters. The van der Waals surface area contributed by atoms with Crippen LogP contribution in [0.15, 0.2) is 71.2 Å². The number of hydrogen-bond donors (Lipinski definition) is 1. The van der Waals surface area contributed by atoms with Crippen LogP contribution in [-0.4, -0.2) is 28.2 Å². The highest BCUT2D eigenvalue weighted by molar-refractivity contribution is 9.10. The van der Waals surface area contributed by atoms with Crippen LogP contribution in [-0.2, 0) is 9.59 Å². The predicted molar refractivity (Wildman–Crippen MR) is 99.7 cm³/mol. The topological polar surface area (TPSA) is 57.6 Å². The molecule has 1 fully saturated rings. The molecule has 0 radical (unpaired) electrons. The van der Waals surface area contributed by atoms with E-state index < -0.39 is 23.5 Å². The van der Waals surface area contributed by atoms with E-state index in [1.807, 2.05) is 0 Å². The number of benzene rings is 2. The molecule has 0 spiro atoms. The first-order chi connectivity index (χ1) is 12.4. The number of carbonyl (C=O) groups is 2. The molecule has 0 aromatic heterocycles. The van der Waals surface area contributed by atoms with Gasteiger partial charge in [-0.3, -0.25) is 9.59 Å². The van der Waals surface area contributed by atoms with E-state index in [9.17, 15) is 19.1 Å². The van der Waals surface area contributed by atoms with E-state index in [0.717, 1.165) is 4.47 Å². The fraction of sp³-hybridized carbons (Fsp3) is 0.100. The Morgan fingerprint density at radius 3 is 2.54 bits per heavy atom. The maximum atomic E-state index is 13.7. The fourth-order valence-corrected chi connectivity index (χ4v) is 3.26. The van der Waals surface area contributed by atoms with Crippen LogP contribution < -0.4 is 0 Å². The number of aliphatic hydroxyl groups excluding tert-OH is 1. The van der Waals surface area contributed by atoms with Crippen LogP contribution in [0.3, 0.4) is 0 Å². The Morgan fingerprint density at radius 1 is 1.23 bits per heavy atom. The number of aliphatic hydroxyl groups is 1. The van der Waals surface area contributed by atoms with E-state index in [-0.39, 0.29) is 17.9 Å². The summed E-state index contributed by atoms with van der Waals surface area (Å²) in [4.78, 5) is 26.3. The Labute approximate surface area is 158 Å². The Hall–Kier alpha value is -2.73. The van der Waals surface area contributed by atoms with Crippen molar-refractivity contribution in [3.8, 4) is 0 Å². The largest absolute Gasteiger partial charge is 0.507 e. The SMILES string of the molecule is C=CCN1C(=O)C(=O)/C(=C(/O)c2ccc(Br)cc2)[C@H]1c1cccc(F)c1. The quantitative estimate of drug-likeness (QED) is 0.352. The van der Waals surface area contributed by atoms with Gasteiger partial charge in [0.1, 0.15) is 11.6 Å². The number of carbonyl (C=O) groups excluding carboxylic acids is 2. The summed E-state index contributed by atoms with van der Waals surface area (Å²) >= 11 is 3.31. The second kappa shape index (κ2) is 7.25. The average molecular weight is 416 g/mol. The van der Waals surface area contributed by atoms with Gasteiger partial charge in [0.05, 0.1) is 11.6 Å². The highest BCUT2D eigenvalue weighted by Gasteiger charge is 2.45. The van der Waals surface area contributed by atoms with E-state index in [1.165, 1.54) is 29.2 Å². The molecule has 0 bridgehead atoms. The summed E-state index contributed by atoms with van der Waals surface area (Å²) in [5.41, 5.74) is 0.737. The molecule has 6 heteroatoms. The number of nitrogens with zero attached hydrogens (tertiary/aromatic N) is 1. The van der Waals surface area contributed by atoms with Crippen molar-refractivity contribution in [2.24, 2.45) is 0 Å². The zero-order valence-corrected chi connectivity index (χ0v) is 15.2. The van der Waals surface area contributed by atoms with Crippen LogP contribution in [0.5, 0.6) is 0 Å². The number of hydrogen-bond acceptors (Lipinski definition) is 3. The maximum Gasteiger partial charge on any atom is 0.295 e. The molecular weight excluding hydrogens is 401 g/mol. The van der Waals surface area contributed by atoms with Crippen LogP contribution in [0.4, 0.5) is 4.39 Å². The summed E-state index contributed by atoms with van der Waals surface area (Å²) in [6.45, 7) is 3.70. The minimum Gasteiger partial charge on any atom is -0.507 e. The van der Waals surface area contributed by atoms with Gasteiger partial charge in [0, 0.05) is 16.6 Å². The third kappa shape index (κ3) is 3.20. The lowest BCUT2D eigenvalue weighted by atomic mass is 9.95. The van der Waals surface area contributed by atoms with Gasteiger partial charge < -0.3 is 10.0 Å². The molecule has 1 amide bonds. The van der Waals surface area contributed by atoms with E-state index in [4.69, 9.17) is 0 Å². The molecule has 132 valence electrons. The highest BCUT2D eigenvalue weighted by atomic mass is 79.9. The standard InChI is InChI=1S/C20H15BrFNO3/c1-2-10-23-17(13-4-3-5-15(22)11-13)16(19(25)20(23)26)18(24)12-6-8-14(21)9-7-12/h2-9,11,17,24H,1,10H2/b18-16+/t17-/m1/s1. The number of amides is 1. The van der Waals surface area contributed by atoms with Crippen LogP contribution >= 0.6 is 15.9 Å². The average Bonchev–Trinajstić information content (AvgIpc) is 2.87. The molecule has 1 N–H and O–H groups in total. The number of Topliss-reactive ketones (excluding diaryl/α,β-unsaturated/α-hetero) is 1. The lowest BCUT2D eigenvalue weighted by Crippen LogP contribution is -2.29. The minimum absolute atomic E-state index is 0.0650. The van der Waals surface area contributed by atoms with Gasteiger partial charge in [-0.2, -0.15) is 0 Å². The molecule has 2 aromatic carbocycles. The fourth-order valence-electron chi connectivity index (χ4n) is 2.99. The van der Waals surface area contributed by atoms with Gasteiger partial charge in [0.2, 0.25) is 0 Å². The van der Waals surface area contributed by atoms with Gasteiger partial charge in [-0.25, -0.2) is 4.39 Å². The molecule has 1 aliphatic heterocycles. The van der Waals surface area contributed by atoms with Crippen LogP contribution in [0.2, 0.25) is 0 Å². The summed E-state index contributed by atoms with van der Waals surface area (Å²) in [6.07, 6.45) is 1.48. The van der Waals surface area contributed by atoms with Crippen molar-refractivity contribution < 1.29 is 19.1 Å². The van der Waals surface area contributed by atoms with Crippen molar-refractivity contribution in [1.29, 1.82) is 0 Å². The number of rotatable bonds is 4. The highest BCUT2D eigenvalue weighted by Crippen LogP contribution is 2.39. The first-order valence-corrected chi connectivity index (χ1v) is 8.64. The van der Waals surface area contributed by atoms with E-state index in [0.29, 0.717) is 11.1 Å². The van der Waals surface area contributed by atoms with E-state index in [2.05, 4.69) is 22.5 Å². The normalized spacial score (nSPS) is 19.0. The maximum absolute atomic E-state index is 13.7. The Morgan fingerprint density at radius 2 is 1.92 bits per heavy atom. The zero-order chi connectivity index (χ0) is 18.8. The zero-order valence-electron chi connectivity index (χ0n) is 13.7. The first kappa shape index (κ1) is 18.1. The summed E-state index contributed by atoms with van der Waals surface area (Å²) < 4.78 is 14.5. The monoisotopic (exact) mass is 415 g/mol. The molecule has 0 aliphatic carbocycles. The van der Waals surface area contributed by atoms with Crippen LogP contribution in [0.25, 0.3) is 5.76 Å². The Balaban J connectivity index is 2.21. The van der Waals surface area contributed by atoms with Gasteiger partial charge in [-0.1, -0.05) is 46.3 Å². The lowest BCUT2D eigenvalue weighted by molar-refractivity contribution is -0.139. The lowest BCUT2D eigenvalue weighted by Gasteiger charge is -2.24. The van der Waals surface area contributed by atoms with Crippen LogP contribution in [0, 0.1) is 5.82 Å². The second-order valence-corrected chi connectivity index (χ2v) is 6.72. The molecule has 1 aliphatic rings.